The summed E-state index contributed by atoms with van der Waals surface area (Å²) >= 11 is 0. The number of nitrogens with zero attached hydrogens (tertiary/aromatic N) is 2. The lowest BCUT2D eigenvalue weighted by Gasteiger charge is -2.16. The maximum atomic E-state index is 11.3. The summed E-state index contributed by atoms with van der Waals surface area (Å²) < 4.78 is 5.00. The average Bonchev–Trinajstić information content (AvgIpc) is 2.33. The molecule has 1 aliphatic rings. The predicted octanol–water partition coefficient (Wildman–Crippen LogP) is -0.110. The minimum atomic E-state index is -0.343. The van der Waals surface area contributed by atoms with Crippen molar-refractivity contribution in [3.05, 3.63) is 0 Å². The van der Waals surface area contributed by atoms with Crippen LogP contribution in [0.25, 0.3) is 0 Å². The number of aliphatic imine (C=N–C) groups is 1. The molecule has 0 saturated carbocycles. The van der Waals surface area contributed by atoms with Gasteiger partial charge in [-0.05, 0) is 6.92 Å². The number of hydrogen-bond donors (Lipinski definition) is 0. The van der Waals surface area contributed by atoms with Crippen molar-refractivity contribution in [1.82, 2.24) is 4.90 Å². The van der Waals surface area contributed by atoms with Crippen molar-refractivity contribution < 1.29 is 9.53 Å². The van der Waals surface area contributed by atoms with Gasteiger partial charge in [0, 0.05) is 14.1 Å². The molecule has 0 aromatic heterocycles. The molecule has 0 aromatic carbocycles. The lowest BCUT2D eigenvalue weighted by Crippen LogP contribution is -2.37. The Morgan fingerprint density at radius 1 is 1.64 bits per heavy atom. The van der Waals surface area contributed by atoms with Crippen LogP contribution in [0.2, 0.25) is 0 Å². The Bertz CT molecular complexity index is 189. The molecule has 0 radical (unpaired) electrons. The molecule has 0 bridgehead atoms. The summed E-state index contributed by atoms with van der Waals surface area (Å²) in [5.74, 6) is -0.00810. The molecule has 0 aliphatic carbocycles. The van der Waals surface area contributed by atoms with Gasteiger partial charge in [0.05, 0.1) is 0 Å². The van der Waals surface area contributed by atoms with Gasteiger partial charge in [-0.2, -0.15) is 0 Å². The maximum Gasteiger partial charge on any atom is 0.250 e. The number of ether oxygens (including phenoxy) is 1. The highest BCUT2D eigenvalue weighted by atomic mass is 16.5. The minimum absolute atomic E-state index is 0.00810. The summed E-state index contributed by atoms with van der Waals surface area (Å²) in [4.78, 5) is 16.7. The van der Waals surface area contributed by atoms with Crippen LogP contribution >= 0.6 is 0 Å². The number of carbonyl (C=O) groups is 1. The molecule has 2 atom stereocenters. The zero-order valence-corrected chi connectivity index (χ0v) is 6.94. The van der Waals surface area contributed by atoms with E-state index in [0.29, 0.717) is 0 Å². The lowest BCUT2D eigenvalue weighted by atomic mass is 10.2. The molecule has 4 heteroatoms. The fraction of sp³-hybridized carbons (Fsp3) is 0.714. The molecule has 1 aliphatic heterocycles. The second-order valence-corrected chi connectivity index (χ2v) is 2.77. The Hall–Kier alpha value is -1.06. The number of rotatable bonds is 1. The zero-order valence-electron chi connectivity index (χ0n) is 6.94. The van der Waals surface area contributed by atoms with E-state index in [1.165, 1.54) is 11.3 Å². The van der Waals surface area contributed by atoms with E-state index < -0.39 is 0 Å². The highest BCUT2D eigenvalue weighted by Gasteiger charge is 2.29. The normalized spacial score (nSPS) is 28.3. The number of likely N-dealkylation sites (N-methyl/N-ethyl adjacent to an activating group) is 1. The molecule has 62 valence electrons. The standard InChI is InChI=1S/C7H12N2O2/c1-5-6(8-4-11-5)7(10)9(2)3/h4-6H,1-3H3/t5-,6+/m0/s1. The molecule has 0 fully saturated rings. The smallest absolute Gasteiger partial charge is 0.250 e. The lowest BCUT2D eigenvalue weighted by molar-refractivity contribution is -0.131. The molecule has 0 spiro atoms. The second kappa shape index (κ2) is 2.90. The van der Waals surface area contributed by atoms with Gasteiger partial charge in [0.1, 0.15) is 6.10 Å². The first kappa shape index (κ1) is 8.04. The quantitative estimate of drug-likeness (QED) is 0.531. The number of amides is 1. The van der Waals surface area contributed by atoms with E-state index in [1.54, 1.807) is 14.1 Å². The van der Waals surface area contributed by atoms with Crippen LogP contribution in [0.15, 0.2) is 4.99 Å². The number of hydrogen-bond acceptors (Lipinski definition) is 3. The van der Waals surface area contributed by atoms with Gasteiger partial charge in [-0.1, -0.05) is 0 Å². The van der Waals surface area contributed by atoms with E-state index in [1.807, 2.05) is 6.92 Å². The third kappa shape index (κ3) is 1.50. The molecule has 0 saturated heterocycles. The minimum Gasteiger partial charge on any atom is -0.478 e. The number of carbonyl (C=O) groups excluding carboxylic acids is 1. The van der Waals surface area contributed by atoms with E-state index in [9.17, 15) is 4.79 Å². The van der Waals surface area contributed by atoms with Crippen LogP contribution in [0.3, 0.4) is 0 Å². The van der Waals surface area contributed by atoms with E-state index >= 15 is 0 Å². The zero-order chi connectivity index (χ0) is 8.43. The van der Waals surface area contributed by atoms with Gasteiger partial charge in [0.2, 0.25) is 0 Å². The van der Waals surface area contributed by atoms with E-state index in [0.717, 1.165) is 0 Å². The van der Waals surface area contributed by atoms with E-state index in [-0.39, 0.29) is 18.1 Å². The van der Waals surface area contributed by atoms with Gasteiger partial charge in [-0.25, -0.2) is 4.99 Å². The molecule has 1 amide bonds. The predicted molar refractivity (Wildman–Crippen MR) is 41.5 cm³/mol. The first-order valence-corrected chi connectivity index (χ1v) is 3.51. The largest absolute Gasteiger partial charge is 0.478 e. The third-order valence-corrected chi connectivity index (χ3v) is 1.64. The molecule has 1 heterocycles. The van der Waals surface area contributed by atoms with Crippen molar-refractivity contribution in [1.29, 1.82) is 0 Å². The van der Waals surface area contributed by atoms with Crippen molar-refractivity contribution in [3.8, 4) is 0 Å². The van der Waals surface area contributed by atoms with Crippen LogP contribution in [-0.4, -0.2) is 43.4 Å². The average molecular weight is 156 g/mol. The SMILES string of the molecule is C[C@@H]1OC=N[C@H]1C(=O)N(C)C. The summed E-state index contributed by atoms with van der Waals surface area (Å²) in [5.41, 5.74) is 0. The Morgan fingerprint density at radius 3 is 2.64 bits per heavy atom. The highest BCUT2D eigenvalue weighted by molar-refractivity contribution is 5.84. The molecular weight excluding hydrogens is 144 g/mol. The Balaban J connectivity index is 2.60. The van der Waals surface area contributed by atoms with Crippen molar-refractivity contribution in [2.45, 2.75) is 19.1 Å². The Kier molecular flexibility index (Phi) is 2.12. The van der Waals surface area contributed by atoms with E-state index in [4.69, 9.17) is 4.74 Å². The van der Waals surface area contributed by atoms with Crippen LogP contribution in [0.5, 0.6) is 0 Å². The molecule has 0 N–H and O–H groups in total. The van der Waals surface area contributed by atoms with Gasteiger partial charge in [-0.3, -0.25) is 4.79 Å². The van der Waals surface area contributed by atoms with Gasteiger partial charge in [-0.15, -0.1) is 0 Å². The summed E-state index contributed by atoms with van der Waals surface area (Å²) in [7, 11) is 3.42. The second-order valence-electron chi connectivity index (χ2n) is 2.77. The van der Waals surface area contributed by atoms with Gasteiger partial charge in [0.25, 0.3) is 5.91 Å². The van der Waals surface area contributed by atoms with Gasteiger partial charge >= 0.3 is 0 Å². The molecule has 0 aromatic rings. The Morgan fingerprint density at radius 2 is 2.27 bits per heavy atom. The summed E-state index contributed by atoms with van der Waals surface area (Å²) in [6, 6.07) is -0.343. The first-order valence-electron chi connectivity index (χ1n) is 3.51. The molecular formula is C7H12N2O2. The molecule has 0 unspecified atom stereocenters. The molecule has 1 rings (SSSR count). The van der Waals surface area contributed by atoms with Crippen LogP contribution in [-0.2, 0) is 9.53 Å². The van der Waals surface area contributed by atoms with Crippen LogP contribution < -0.4 is 0 Å². The molecule has 11 heavy (non-hydrogen) atoms. The van der Waals surface area contributed by atoms with Crippen LogP contribution in [0.1, 0.15) is 6.92 Å². The van der Waals surface area contributed by atoms with Crippen molar-refractivity contribution in [3.63, 3.8) is 0 Å². The van der Waals surface area contributed by atoms with Crippen LogP contribution in [0, 0.1) is 0 Å². The first-order chi connectivity index (χ1) is 5.13. The van der Waals surface area contributed by atoms with Crippen molar-refractivity contribution >= 4 is 12.3 Å². The Labute approximate surface area is 65.9 Å². The monoisotopic (exact) mass is 156 g/mol. The third-order valence-electron chi connectivity index (χ3n) is 1.64. The van der Waals surface area contributed by atoms with E-state index in [2.05, 4.69) is 4.99 Å². The summed E-state index contributed by atoms with van der Waals surface area (Å²) in [6.07, 6.45) is 1.22. The van der Waals surface area contributed by atoms with Crippen molar-refractivity contribution in [2.75, 3.05) is 14.1 Å². The van der Waals surface area contributed by atoms with Crippen LogP contribution in [0.4, 0.5) is 0 Å². The topological polar surface area (TPSA) is 41.9 Å². The van der Waals surface area contributed by atoms with Gasteiger partial charge < -0.3 is 9.64 Å². The van der Waals surface area contributed by atoms with Gasteiger partial charge in [0.15, 0.2) is 12.4 Å². The summed E-state index contributed by atoms with van der Waals surface area (Å²) in [6.45, 7) is 1.83. The highest BCUT2D eigenvalue weighted by Crippen LogP contribution is 2.10. The summed E-state index contributed by atoms with van der Waals surface area (Å²) in [5, 5.41) is 0. The van der Waals surface area contributed by atoms with Crippen molar-refractivity contribution in [2.24, 2.45) is 4.99 Å². The maximum absolute atomic E-state index is 11.3. The fourth-order valence-corrected chi connectivity index (χ4v) is 0.921. The fourth-order valence-electron chi connectivity index (χ4n) is 0.921. The molecule has 4 nitrogen and oxygen atoms in total.